The molecule has 0 amide bonds. The van der Waals surface area contributed by atoms with Crippen LogP contribution in [0.5, 0.6) is 0 Å². The quantitative estimate of drug-likeness (QED) is 0.596. The smallest absolute Gasteiger partial charge is 0.156 e. The van der Waals surface area contributed by atoms with Crippen LogP contribution in [0.3, 0.4) is 0 Å². The van der Waals surface area contributed by atoms with E-state index in [1.165, 1.54) is 64.6 Å². The first-order valence-corrected chi connectivity index (χ1v) is 8.16. The molecule has 0 N–H and O–H groups in total. The molecule has 3 fully saturated rings. The molecule has 0 spiro atoms. The highest BCUT2D eigenvalue weighted by Crippen LogP contribution is 2.41. The average molecular weight is 247 g/mol. The van der Waals surface area contributed by atoms with Crippen LogP contribution in [0, 0.1) is 11.8 Å². The Balaban J connectivity index is 1.65. The van der Waals surface area contributed by atoms with Crippen molar-refractivity contribution >= 4 is 5.71 Å². The highest BCUT2D eigenvalue weighted by molar-refractivity contribution is 5.77. The van der Waals surface area contributed by atoms with Crippen LogP contribution in [0.25, 0.3) is 0 Å². The van der Waals surface area contributed by atoms with Crippen molar-refractivity contribution in [2.24, 2.45) is 11.8 Å². The van der Waals surface area contributed by atoms with Gasteiger partial charge in [0.25, 0.3) is 0 Å². The van der Waals surface area contributed by atoms with Gasteiger partial charge in [0.2, 0.25) is 0 Å². The van der Waals surface area contributed by atoms with Crippen molar-refractivity contribution in [1.29, 1.82) is 0 Å². The van der Waals surface area contributed by atoms with Gasteiger partial charge in [-0.25, -0.2) is 4.58 Å². The number of nitrogens with zero attached hydrogens (tertiary/aromatic N) is 2. The molecule has 4 aliphatic heterocycles. The van der Waals surface area contributed by atoms with Gasteiger partial charge in [-0.2, -0.15) is 0 Å². The minimum Gasteiger partial charge on any atom is -0.299 e. The first-order chi connectivity index (χ1) is 8.83. The second-order valence-corrected chi connectivity index (χ2v) is 7.16. The van der Waals surface area contributed by atoms with Gasteiger partial charge in [0.05, 0.1) is 0 Å². The number of fused-ring (bicyclic) bond motifs is 6. The molecule has 2 nitrogen and oxygen atoms in total. The summed E-state index contributed by atoms with van der Waals surface area (Å²) in [5.74, 6) is 1.96. The lowest BCUT2D eigenvalue weighted by atomic mass is 9.71. The van der Waals surface area contributed by atoms with Crippen molar-refractivity contribution in [2.45, 2.75) is 64.0 Å². The Bertz CT molecular complexity index is 373. The molecule has 4 rings (SSSR count). The molecule has 0 aromatic heterocycles. The summed E-state index contributed by atoms with van der Waals surface area (Å²) in [6.45, 7) is 6.59. The van der Waals surface area contributed by atoms with Crippen LogP contribution in [-0.2, 0) is 0 Å². The molecule has 0 unspecified atom stereocenters. The fourth-order valence-electron chi connectivity index (χ4n) is 5.36. The van der Waals surface area contributed by atoms with Gasteiger partial charge in [-0.1, -0.05) is 6.42 Å². The summed E-state index contributed by atoms with van der Waals surface area (Å²) in [6.07, 6.45) is 10.2. The Hall–Kier alpha value is -0.370. The SMILES string of the molecule is CC1=[N+]2C[C@@H]3C[C@@H](CN4CCCC[C@H]34)[C@@H]2CCC1. The van der Waals surface area contributed by atoms with Gasteiger partial charge in [-0.15, -0.1) is 0 Å². The van der Waals surface area contributed by atoms with E-state index in [0.717, 1.165) is 23.9 Å². The van der Waals surface area contributed by atoms with Crippen molar-refractivity contribution in [3.63, 3.8) is 0 Å². The third kappa shape index (κ3) is 1.68. The summed E-state index contributed by atoms with van der Waals surface area (Å²) >= 11 is 0. The van der Waals surface area contributed by atoms with E-state index >= 15 is 0 Å². The van der Waals surface area contributed by atoms with Crippen LogP contribution in [0.1, 0.15) is 51.9 Å². The first kappa shape index (κ1) is 11.5. The first-order valence-electron chi connectivity index (χ1n) is 8.16. The Kier molecular flexibility index (Phi) is 2.76. The van der Waals surface area contributed by atoms with E-state index in [-0.39, 0.29) is 0 Å². The number of hydrogen-bond acceptors (Lipinski definition) is 1. The molecule has 2 bridgehead atoms. The van der Waals surface area contributed by atoms with Gasteiger partial charge >= 0.3 is 0 Å². The van der Waals surface area contributed by atoms with E-state index in [0.29, 0.717) is 0 Å². The minimum atomic E-state index is 0.901. The normalized spacial score (nSPS) is 44.5. The van der Waals surface area contributed by atoms with E-state index in [2.05, 4.69) is 16.4 Å². The molecule has 0 radical (unpaired) electrons. The zero-order chi connectivity index (χ0) is 12.1. The lowest BCUT2D eigenvalue weighted by molar-refractivity contribution is -0.604. The predicted molar refractivity (Wildman–Crippen MR) is 74.3 cm³/mol. The Labute approximate surface area is 111 Å². The van der Waals surface area contributed by atoms with Gasteiger partial charge in [0.1, 0.15) is 12.3 Å². The molecule has 4 aliphatic rings. The zero-order valence-corrected chi connectivity index (χ0v) is 11.8. The maximum absolute atomic E-state index is 2.86. The highest BCUT2D eigenvalue weighted by Gasteiger charge is 2.49. The van der Waals surface area contributed by atoms with Crippen LogP contribution in [0.2, 0.25) is 0 Å². The largest absolute Gasteiger partial charge is 0.299 e. The topological polar surface area (TPSA) is 6.25 Å². The summed E-state index contributed by atoms with van der Waals surface area (Å²) in [6, 6.07) is 1.84. The van der Waals surface area contributed by atoms with Crippen molar-refractivity contribution in [2.75, 3.05) is 19.6 Å². The van der Waals surface area contributed by atoms with Crippen molar-refractivity contribution in [3.05, 3.63) is 0 Å². The van der Waals surface area contributed by atoms with Crippen molar-refractivity contribution in [1.82, 2.24) is 4.90 Å². The maximum atomic E-state index is 2.86. The van der Waals surface area contributed by atoms with Gasteiger partial charge < -0.3 is 0 Å². The standard InChI is InChI=1S/C16H27N2/c1-12-5-4-7-16-13-9-14(11-18(12)16)15-6-2-3-8-17(15)10-13/h13-16H,2-11H2,1H3/q+1/t13-,14-,15+,16-/m0/s1. The van der Waals surface area contributed by atoms with E-state index in [4.69, 9.17) is 0 Å². The van der Waals surface area contributed by atoms with Gasteiger partial charge in [0, 0.05) is 44.2 Å². The molecule has 4 heterocycles. The molecule has 100 valence electrons. The molecular weight excluding hydrogens is 220 g/mol. The Morgan fingerprint density at radius 3 is 3.00 bits per heavy atom. The molecular formula is C16H27N2+. The van der Waals surface area contributed by atoms with Crippen molar-refractivity contribution < 1.29 is 4.58 Å². The molecule has 0 saturated carbocycles. The number of rotatable bonds is 0. The van der Waals surface area contributed by atoms with E-state index in [9.17, 15) is 0 Å². The monoisotopic (exact) mass is 247 g/mol. The summed E-state index contributed by atoms with van der Waals surface area (Å²) in [7, 11) is 0. The summed E-state index contributed by atoms with van der Waals surface area (Å²) in [5.41, 5.74) is 1.70. The summed E-state index contributed by atoms with van der Waals surface area (Å²) < 4.78 is 2.83. The second kappa shape index (κ2) is 4.33. The second-order valence-electron chi connectivity index (χ2n) is 7.16. The van der Waals surface area contributed by atoms with Crippen LogP contribution >= 0.6 is 0 Å². The van der Waals surface area contributed by atoms with Gasteiger partial charge in [-0.3, -0.25) is 4.90 Å². The van der Waals surface area contributed by atoms with E-state index in [1.807, 2.05) is 0 Å². The van der Waals surface area contributed by atoms with Crippen LogP contribution in [0.15, 0.2) is 0 Å². The lowest BCUT2D eigenvalue weighted by Gasteiger charge is -2.51. The number of hydrogen-bond donors (Lipinski definition) is 0. The van der Waals surface area contributed by atoms with Crippen molar-refractivity contribution in [3.8, 4) is 0 Å². The number of piperidine rings is 3. The highest BCUT2D eigenvalue weighted by atomic mass is 15.2. The Morgan fingerprint density at radius 2 is 2.06 bits per heavy atom. The van der Waals surface area contributed by atoms with E-state index < -0.39 is 0 Å². The average Bonchev–Trinajstić information content (AvgIpc) is 2.40. The summed E-state index contributed by atoms with van der Waals surface area (Å²) in [4.78, 5) is 2.86. The minimum absolute atomic E-state index is 0.901. The third-order valence-corrected chi connectivity index (χ3v) is 6.19. The fraction of sp³-hybridized carbons (Fsp3) is 0.938. The molecule has 0 aromatic carbocycles. The molecule has 4 atom stereocenters. The van der Waals surface area contributed by atoms with Gasteiger partial charge in [-0.05, 0) is 32.2 Å². The maximum Gasteiger partial charge on any atom is 0.156 e. The molecule has 18 heavy (non-hydrogen) atoms. The lowest BCUT2D eigenvalue weighted by Crippen LogP contribution is -2.61. The Morgan fingerprint density at radius 1 is 1.11 bits per heavy atom. The predicted octanol–water partition coefficient (Wildman–Crippen LogP) is 2.52. The van der Waals surface area contributed by atoms with Crippen LogP contribution in [-0.4, -0.2) is 46.9 Å². The molecule has 0 aromatic rings. The molecule has 2 heteroatoms. The van der Waals surface area contributed by atoms with E-state index in [1.54, 1.807) is 5.71 Å². The van der Waals surface area contributed by atoms with Crippen LogP contribution < -0.4 is 0 Å². The molecule has 3 saturated heterocycles. The third-order valence-electron chi connectivity index (χ3n) is 6.19. The summed E-state index contributed by atoms with van der Waals surface area (Å²) in [5, 5.41) is 0. The van der Waals surface area contributed by atoms with Gasteiger partial charge in [0.15, 0.2) is 6.04 Å². The fourth-order valence-corrected chi connectivity index (χ4v) is 5.36. The van der Waals surface area contributed by atoms with Crippen LogP contribution in [0.4, 0.5) is 0 Å². The molecule has 0 aliphatic carbocycles. The zero-order valence-electron chi connectivity index (χ0n) is 11.8.